The van der Waals surface area contributed by atoms with Crippen LogP contribution in [0.4, 0.5) is 4.39 Å². The van der Waals surface area contributed by atoms with Crippen molar-refractivity contribution in [2.45, 2.75) is 13.5 Å². The molecule has 29 heavy (non-hydrogen) atoms. The number of rotatable bonds is 8. The van der Waals surface area contributed by atoms with E-state index in [4.69, 9.17) is 14.2 Å². The third-order valence-corrected chi connectivity index (χ3v) is 4.77. The maximum absolute atomic E-state index is 13.7. The second-order valence-electron chi connectivity index (χ2n) is 6.02. The minimum Gasteiger partial charge on any atom is -0.494 e. The number of carbonyl (C=O) groups is 2. The fourth-order valence-corrected chi connectivity index (χ4v) is 3.05. The molecule has 8 heteroatoms. The SMILES string of the molecule is COc1ccc(C(=O)COC(=O)c2ccc(OCc3csc(C)n3)cc2)cc1F. The van der Waals surface area contributed by atoms with Crippen LogP contribution in [0, 0.1) is 12.7 Å². The number of thiazole rings is 1. The molecular formula is C21H18FNO5S. The molecule has 2 aromatic carbocycles. The zero-order valence-corrected chi connectivity index (χ0v) is 16.6. The van der Waals surface area contributed by atoms with E-state index >= 15 is 0 Å². The fraction of sp³-hybridized carbons (Fsp3) is 0.190. The molecule has 0 spiro atoms. The van der Waals surface area contributed by atoms with Crippen molar-refractivity contribution in [3.05, 3.63) is 75.5 Å². The minimum absolute atomic E-state index is 0.0331. The number of halogens is 1. The molecule has 0 radical (unpaired) electrons. The Bertz CT molecular complexity index is 1020. The molecule has 6 nitrogen and oxygen atoms in total. The predicted molar refractivity (Wildman–Crippen MR) is 105 cm³/mol. The molecule has 0 saturated carbocycles. The molecule has 0 bridgehead atoms. The van der Waals surface area contributed by atoms with Crippen LogP contribution in [0.1, 0.15) is 31.4 Å². The average molecular weight is 415 g/mol. The molecule has 0 atom stereocenters. The number of hydrogen-bond donors (Lipinski definition) is 0. The van der Waals surface area contributed by atoms with Gasteiger partial charge in [-0.15, -0.1) is 11.3 Å². The van der Waals surface area contributed by atoms with E-state index in [0.29, 0.717) is 12.4 Å². The van der Waals surface area contributed by atoms with Gasteiger partial charge in [-0.1, -0.05) is 0 Å². The van der Waals surface area contributed by atoms with Crippen LogP contribution in [0.2, 0.25) is 0 Å². The molecule has 0 N–H and O–H groups in total. The molecule has 0 fully saturated rings. The highest BCUT2D eigenvalue weighted by molar-refractivity contribution is 7.09. The zero-order chi connectivity index (χ0) is 20.8. The van der Waals surface area contributed by atoms with Crippen LogP contribution in [-0.4, -0.2) is 30.5 Å². The van der Waals surface area contributed by atoms with E-state index in [1.54, 1.807) is 35.6 Å². The molecule has 0 aliphatic carbocycles. The summed E-state index contributed by atoms with van der Waals surface area (Å²) in [6.07, 6.45) is 0. The number of hydrogen-bond acceptors (Lipinski definition) is 7. The van der Waals surface area contributed by atoms with Crippen molar-refractivity contribution in [3.8, 4) is 11.5 Å². The zero-order valence-electron chi connectivity index (χ0n) is 15.8. The van der Waals surface area contributed by atoms with Crippen molar-refractivity contribution in [2.75, 3.05) is 13.7 Å². The molecule has 150 valence electrons. The maximum Gasteiger partial charge on any atom is 0.338 e. The highest BCUT2D eigenvalue weighted by Gasteiger charge is 2.14. The van der Waals surface area contributed by atoms with E-state index in [0.717, 1.165) is 16.8 Å². The third kappa shape index (κ3) is 5.39. The van der Waals surface area contributed by atoms with Gasteiger partial charge < -0.3 is 14.2 Å². The Morgan fingerprint density at radius 3 is 2.45 bits per heavy atom. The van der Waals surface area contributed by atoms with Crippen molar-refractivity contribution in [1.82, 2.24) is 4.98 Å². The van der Waals surface area contributed by atoms with Crippen LogP contribution in [0.25, 0.3) is 0 Å². The number of aromatic nitrogens is 1. The minimum atomic E-state index is -0.659. The summed E-state index contributed by atoms with van der Waals surface area (Å²) >= 11 is 1.55. The lowest BCUT2D eigenvalue weighted by molar-refractivity contribution is 0.0474. The lowest BCUT2D eigenvalue weighted by Gasteiger charge is -2.07. The summed E-state index contributed by atoms with van der Waals surface area (Å²) in [5.74, 6) is -1.22. The number of Topliss-reactive ketones (excluding diaryl/α,β-unsaturated/α-hetero) is 1. The van der Waals surface area contributed by atoms with Crippen molar-refractivity contribution in [1.29, 1.82) is 0 Å². The summed E-state index contributed by atoms with van der Waals surface area (Å²) in [6, 6.07) is 10.2. The van der Waals surface area contributed by atoms with Crippen molar-refractivity contribution in [3.63, 3.8) is 0 Å². The lowest BCUT2D eigenvalue weighted by atomic mass is 10.1. The van der Waals surface area contributed by atoms with Crippen LogP contribution in [0.5, 0.6) is 11.5 Å². The molecule has 0 aliphatic rings. The summed E-state index contributed by atoms with van der Waals surface area (Å²) in [6.45, 7) is 1.76. The highest BCUT2D eigenvalue weighted by atomic mass is 32.1. The summed E-state index contributed by atoms with van der Waals surface area (Å²) in [5, 5.41) is 2.89. The van der Waals surface area contributed by atoms with Gasteiger partial charge in [-0.2, -0.15) is 0 Å². The molecule has 3 rings (SSSR count). The number of aryl methyl sites for hydroxylation is 1. The molecule has 0 amide bonds. The molecule has 0 saturated heterocycles. The van der Waals surface area contributed by atoms with Crippen molar-refractivity contribution < 1.29 is 28.2 Å². The Kier molecular flexibility index (Phi) is 6.56. The smallest absolute Gasteiger partial charge is 0.338 e. The van der Waals surface area contributed by atoms with Gasteiger partial charge in [0.05, 0.1) is 23.4 Å². The van der Waals surface area contributed by atoms with Gasteiger partial charge in [0, 0.05) is 10.9 Å². The predicted octanol–water partition coefficient (Wildman–Crippen LogP) is 4.22. The topological polar surface area (TPSA) is 74.7 Å². The number of ether oxygens (including phenoxy) is 3. The first kappa shape index (κ1) is 20.5. The molecule has 3 aromatic rings. The van der Waals surface area contributed by atoms with Crippen LogP contribution in [0.15, 0.2) is 47.8 Å². The van der Waals surface area contributed by atoms with E-state index in [1.807, 2.05) is 12.3 Å². The van der Waals surface area contributed by atoms with Gasteiger partial charge in [-0.3, -0.25) is 4.79 Å². The number of nitrogens with zero attached hydrogens (tertiary/aromatic N) is 1. The van der Waals surface area contributed by atoms with Gasteiger partial charge in [0.25, 0.3) is 0 Å². The van der Waals surface area contributed by atoms with Gasteiger partial charge >= 0.3 is 5.97 Å². The molecule has 0 unspecified atom stereocenters. The third-order valence-electron chi connectivity index (χ3n) is 3.95. The number of ketones is 1. The quantitative estimate of drug-likeness (QED) is 0.405. The van der Waals surface area contributed by atoms with Gasteiger partial charge in [0.15, 0.2) is 24.0 Å². The van der Waals surface area contributed by atoms with Crippen LogP contribution >= 0.6 is 11.3 Å². The van der Waals surface area contributed by atoms with Crippen LogP contribution in [-0.2, 0) is 11.3 Å². The summed E-state index contributed by atoms with van der Waals surface area (Å²) in [5.41, 5.74) is 1.21. The monoisotopic (exact) mass is 415 g/mol. The summed E-state index contributed by atoms with van der Waals surface area (Å²) in [7, 11) is 1.33. The average Bonchev–Trinajstić information content (AvgIpc) is 3.15. The largest absolute Gasteiger partial charge is 0.494 e. The Morgan fingerprint density at radius 2 is 1.83 bits per heavy atom. The van der Waals surface area contributed by atoms with E-state index in [2.05, 4.69) is 4.98 Å². The van der Waals surface area contributed by atoms with Gasteiger partial charge in [-0.25, -0.2) is 14.2 Å². The Balaban J connectivity index is 1.52. The maximum atomic E-state index is 13.7. The van der Waals surface area contributed by atoms with Gasteiger partial charge in [-0.05, 0) is 49.4 Å². The van der Waals surface area contributed by atoms with Crippen molar-refractivity contribution >= 4 is 23.1 Å². The van der Waals surface area contributed by atoms with Crippen molar-refractivity contribution in [2.24, 2.45) is 0 Å². The number of carbonyl (C=O) groups excluding carboxylic acids is 2. The summed E-state index contributed by atoms with van der Waals surface area (Å²) in [4.78, 5) is 28.5. The summed E-state index contributed by atoms with van der Waals surface area (Å²) < 4.78 is 29.1. The standard InChI is InChI=1S/C21H18FNO5S/c1-13-23-16(12-29-13)10-27-17-6-3-14(4-7-17)21(25)28-11-19(24)15-5-8-20(26-2)18(22)9-15/h3-9,12H,10-11H2,1-2H3. The Hall–Kier alpha value is -3.26. The lowest BCUT2D eigenvalue weighted by Crippen LogP contribution is -2.14. The number of esters is 1. The van der Waals surface area contributed by atoms with Gasteiger partial charge in [0.2, 0.25) is 0 Å². The first-order valence-corrected chi connectivity index (χ1v) is 9.52. The van der Waals surface area contributed by atoms with Crippen LogP contribution in [0.3, 0.4) is 0 Å². The molecule has 1 heterocycles. The number of methoxy groups -OCH3 is 1. The Morgan fingerprint density at radius 1 is 1.10 bits per heavy atom. The highest BCUT2D eigenvalue weighted by Crippen LogP contribution is 2.19. The fourth-order valence-electron chi connectivity index (χ4n) is 2.46. The molecular weight excluding hydrogens is 397 g/mol. The van der Waals surface area contributed by atoms with E-state index in [9.17, 15) is 14.0 Å². The van der Waals surface area contributed by atoms with E-state index < -0.39 is 24.2 Å². The second-order valence-corrected chi connectivity index (χ2v) is 7.08. The first-order chi connectivity index (χ1) is 14.0. The van der Waals surface area contributed by atoms with E-state index in [-0.39, 0.29) is 16.9 Å². The first-order valence-electron chi connectivity index (χ1n) is 8.64. The number of benzene rings is 2. The van der Waals surface area contributed by atoms with Gasteiger partial charge in [0.1, 0.15) is 12.4 Å². The van der Waals surface area contributed by atoms with E-state index in [1.165, 1.54) is 19.2 Å². The Labute approximate surface area is 170 Å². The second kappa shape index (κ2) is 9.29. The molecule has 0 aliphatic heterocycles. The molecule has 1 aromatic heterocycles. The normalized spacial score (nSPS) is 10.4. The van der Waals surface area contributed by atoms with Crippen LogP contribution < -0.4 is 9.47 Å².